The molecule has 2 bridgehead atoms. The Morgan fingerprint density at radius 2 is 1.42 bits per heavy atom. The Hall–Kier alpha value is -1.06. The minimum Gasteiger partial charge on any atom is -0.469 e. The van der Waals surface area contributed by atoms with Crippen molar-refractivity contribution in [3.8, 4) is 0 Å². The van der Waals surface area contributed by atoms with E-state index < -0.39 is 0 Å². The van der Waals surface area contributed by atoms with Gasteiger partial charge in [0.25, 0.3) is 0 Å². The van der Waals surface area contributed by atoms with Crippen LogP contribution in [0.5, 0.6) is 0 Å². The van der Waals surface area contributed by atoms with Crippen LogP contribution in [0.1, 0.15) is 99.3 Å². The van der Waals surface area contributed by atoms with E-state index in [9.17, 15) is 9.59 Å². The third-order valence-corrected chi connectivity index (χ3v) is 10.4. The summed E-state index contributed by atoms with van der Waals surface area (Å²) < 4.78 is 10.0. The highest BCUT2D eigenvalue weighted by molar-refractivity contribution is 5.78. The van der Waals surface area contributed by atoms with Crippen molar-refractivity contribution in [2.75, 3.05) is 14.2 Å². The van der Waals surface area contributed by atoms with Gasteiger partial charge in [-0.2, -0.15) is 0 Å². The molecule has 0 saturated heterocycles. The van der Waals surface area contributed by atoms with Crippen LogP contribution in [0.3, 0.4) is 0 Å². The maximum atomic E-state index is 12.2. The van der Waals surface area contributed by atoms with Crippen LogP contribution in [0.15, 0.2) is 0 Å². The molecule has 4 saturated carbocycles. The largest absolute Gasteiger partial charge is 0.469 e. The molecule has 4 nitrogen and oxygen atoms in total. The summed E-state index contributed by atoms with van der Waals surface area (Å²) in [5.41, 5.74) is -0.402. The van der Waals surface area contributed by atoms with Crippen LogP contribution in [0.4, 0.5) is 0 Å². The summed E-state index contributed by atoms with van der Waals surface area (Å²) in [6.45, 7) is 13.4. The van der Waals surface area contributed by atoms with Crippen LogP contribution in [0, 0.1) is 58.2 Å². The Morgan fingerprint density at radius 3 is 2.00 bits per heavy atom. The van der Waals surface area contributed by atoms with E-state index in [-0.39, 0.29) is 22.8 Å². The number of ether oxygens (including phenoxy) is 2. The van der Waals surface area contributed by atoms with Gasteiger partial charge in [-0.25, -0.2) is 0 Å². The molecule has 4 aliphatic carbocycles. The third kappa shape index (κ3) is 4.61. The average molecular weight is 463 g/mol. The van der Waals surface area contributed by atoms with Crippen LogP contribution in [0.25, 0.3) is 0 Å². The number of hydrogen-bond donors (Lipinski definition) is 0. The minimum absolute atomic E-state index is 0.0136. The first kappa shape index (κ1) is 26.5. The predicted octanol–water partition coefficient (Wildman–Crippen LogP) is 6.91. The summed E-state index contributed by atoms with van der Waals surface area (Å²) in [7, 11) is 3.05. The zero-order valence-corrected chi connectivity index (χ0v) is 22.6. The third-order valence-electron chi connectivity index (χ3n) is 10.4. The van der Waals surface area contributed by atoms with Gasteiger partial charge in [0.15, 0.2) is 0 Å². The first-order valence-electron chi connectivity index (χ1n) is 13.7. The molecule has 10 atom stereocenters. The maximum absolute atomic E-state index is 12.2. The van der Waals surface area contributed by atoms with E-state index in [1.165, 1.54) is 39.2 Å². The number of esters is 2. The van der Waals surface area contributed by atoms with Crippen molar-refractivity contribution in [2.24, 2.45) is 58.2 Å². The summed E-state index contributed by atoms with van der Waals surface area (Å²) in [4.78, 5) is 24.0. The van der Waals surface area contributed by atoms with Gasteiger partial charge in [-0.15, -0.1) is 0 Å². The Bertz CT molecular complexity index is 704. The van der Waals surface area contributed by atoms with Gasteiger partial charge in [-0.05, 0) is 99.7 Å². The summed E-state index contributed by atoms with van der Waals surface area (Å²) in [6, 6.07) is 0. The van der Waals surface area contributed by atoms with Crippen molar-refractivity contribution in [3.05, 3.63) is 0 Å². The molecule has 33 heavy (non-hydrogen) atoms. The van der Waals surface area contributed by atoms with E-state index in [1.54, 1.807) is 7.11 Å². The number of carbonyl (C=O) groups is 2. The molecule has 0 aromatic rings. The topological polar surface area (TPSA) is 52.6 Å². The lowest BCUT2D eigenvalue weighted by Crippen LogP contribution is -2.42. The fourth-order valence-electron chi connectivity index (χ4n) is 9.24. The van der Waals surface area contributed by atoms with Crippen molar-refractivity contribution in [1.82, 2.24) is 0 Å². The monoisotopic (exact) mass is 462 g/mol. The van der Waals surface area contributed by atoms with E-state index in [0.717, 1.165) is 55.3 Å². The van der Waals surface area contributed by atoms with Gasteiger partial charge in [-0.1, -0.05) is 47.0 Å². The van der Waals surface area contributed by atoms with Gasteiger partial charge in [0.2, 0.25) is 0 Å². The number of carbonyl (C=O) groups excluding carboxylic acids is 2. The molecule has 10 unspecified atom stereocenters. The van der Waals surface area contributed by atoms with Crippen LogP contribution in [-0.2, 0) is 19.1 Å². The fraction of sp³-hybridized carbons (Fsp3) is 0.931. The standard InChI is InChI=1S/C17H28O2.C12H22O2/c1-5-6-11-7-10(2)14-12-8-13(15(11)14)17(3,9-12)16(18)19-4;1-5-6-10-7-9(2)8-12(10,3)11(13)14-4/h10-15H,5-9H2,1-4H3;9-10H,5-8H2,1-4H3. The maximum Gasteiger partial charge on any atom is 0.311 e. The fourth-order valence-corrected chi connectivity index (χ4v) is 9.24. The number of methoxy groups -OCH3 is 2. The SMILES string of the molecule is CCCC1CC(C)C2C3CC(C12)C(C)(C(=O)OC)C3.CCCC1CC(C)CC1(C)C(=O)OC. The lowest BCUT2D eigenvalue weighted by atomic mass is 9.63. The Labute approximate surface area is 202 Å². The van der Waals surface area contributed by atoms with E-state index in [2.05, 4.69) is 41.5 Å². The zero-order chi connectivity index (χ0) is 24.6. The molecule has 0 aliphatic heterocycles. The lowest BCUT2D eigenvalue weighted by molar-refractivity contribution is -0.157. The van der Waals surface area contributed by atoms with Crippen molar-refractivity contribution in [2.45, 2.75) is 99.3 Å². The molecule has 0 spiro atoms. The van der Waals surface area contributed by atoms with Crippen LogP contribution >= 0.6 is 0 Å². The van der Waals surface area contributed by atoms with Crippen LogP contribution in [-0.4, -0.2) is 26.2 Å². The van der Waals surface area contributed by atoms with Crippen LogP contribution in [0.2, 0.25) is 0 Å². The molecule has 4 fully saturated rings. The van der Waals surface area contributed by atoms with Crippen molar-refractivity contribution >= 4 is 11.9 Å². The summed E-state index contributed by atoms with van der Waals surface area (Å²) >= 11 is 0. The number of hydrogen-bond acceptors (Lipinski definition) is 4. The molecule has 0 radical (unpaired) electrons. The molecule has 0 aromatic heterocycles. The second kappa shape index (κ2) is 10.3. The molecule has 4 aliphatic rings. The molecular weight excluding hydrogens is 412 g/mol. The quantitative estimate of drug-likeness (QED) is 0.403. The zero-order valence-electron chi connectivity index (χ0n) is 22.6. The molecule has 4 heteroatoms. The van der Waals surface area contributed by atoms with Crippen molar-refractivity contribution < 1.29 is 19.1 Å². The van der Waals surface area contributed by atoms with Gasteiger partial charge in [0.1, 0.15) is 0 Å². The van der Waals surface area contributed by atoms with Gasteiger partial charge in [-0.3, -0.25) is 9.59 Å². The summed E-state index contributed by atoms with van der Waals surface area (Å²) in [5.74, 6) is 6.05. The summed E-state index contributed by atoms with van der Waals surface area (Å²) in [6.07, 6.45) is 10.9. The molecule has 0 aromatic carbocycles. The van der Waals surface area contributed by atoms with Gasteiger partial charge < -0.3 is 9.47 Å². The normalized spacial score (nSPS) is 45.3. The molecule has 4 rings (SSSR count). The Morgan fingerprint density at radius 1 is 0.818 bits per heavy atom. The van der Waals surface area contributed by atoms with E-state index in [1.807, 2.05) is 0 Å². The highest BCUT2D eigenvalue weighted by atomic mass is 16.5. The first-order chi connectivity index (χ1) is 15.6. The molecule has 0 heterocycles. The minimum atomic E-state index is -0.218. The van der Waals surface area contributed by atoms with E-state index >= 15 is 0 Å². The van der Waals surface area contributed by atoms with Gasteiger partial charge in [0, 0.05) is 0 Å². The van der Waals surface area contributed by atoms with E-state index in [0.29, 0.717) is 17.8 Å². The highest BCUT2D eigenvalue weighted by Gasteiger charge is 2.65. The highest BCUT2D eigenvalue weighted by Crippen LogP contribution is 2.69. The van der Waals surface area contributed by atoms with Gasteiger partial charge >= 0.3 is 11.9 Å². The Kier molecular flexibility index (Phi) is 8.27. The van der Waals surface area contributed by atoms with Crippen molar-refractivity contribution in [1.29, 1.82) is 0 Å². The molecule has 0 amide bonds. The number of fused-ring (bicyclic) bond motifs is 5. The molecular formula is C29H50O4. The average Bonchev–Trinajstić information content (AvgIpc) is 3.49. The van der Waals surface area contributed by atoms with Crippen molar-refractivity contribution in [3.63, 3.8) is 0 Å². The molecule has 0 N–H and O–H groups in total. The second-order valence-electron chi connectivity index (χ2n) is 12.6. The first-order valence-corrected chi connectivity index (χ1v) is 13.7. The predicted molar refractivity (Wildman–Crippen MR) is 132 cm³/mol. The smallest absolute Gasteiger partial charge is 0.311 e. The number of rotatable bonds is 6. The summed E-state index contributed by atoms with van der Waals surface area (Å²) in [5, 5.41) is 0. The lowest BCUT2D eigenvalue weighted by Gasteiger charge is -2.40. The van der Waals surface area contributed by atoms with Gasteiger partial charge in [0.05, 0.1) is 25.0 Å². The second-order valence-corrected chi connectivity index (χ2v) is 12.6. The molecule has 190 valence electrons. The van der Waals surface area contributed by atoms with E-state index in [4.69, 9.17) is 9.47 Å². The van der Waals surface area contributed by atoms with Crippen LogP contribution < -0.4 is 0 Å². The Balaban J connectivity index is 0.000000196.